The summed E-state index contributed by atoms with van der Waals surface area (Å²) in [5, 5.41) is 8.43. The summed E-state index contributed by atoms with van der Waals surface area (Å²) in [6.07, 6.45) is 10.1. The zero-order valence-electron chi connectivity index (χ0n) is 31.8. The summed E-state index contributed by atoms with van der Waals surface area (Å²) in [5.41, 5.74) is 7.33. The number of pyridine rings is 1. The van der Waals surface area contributed by atoms with Crippen molar-refractivity contribution in [2.24, 2.45) is 7.05 Å². The maximum absolute atomic E-state index is 10.5. The van der Waals surface area contributed by atoms with E-state index in [1.54, 1.807) is 0 Å². The van der Waals surface area contributed by atoms with Gasteiger partial charge in [-0.1, -0.05) is 92.1 Å². The number of hydrogen-bond donors (Lipinski definition) is 1. The molecule has 3 aromatic carbocycles. The van der Waals surface area contributed by atoms with Gasteiger partial charge in [0, 0.05) is 44.7 Å². The molecule has 1 N–H and O–H groups in total. The largest absolute Gasteiger partial charge is 0.473 e. The number of benzene rings is 3. The molecule has 1 saturated carbocycles. The molecular weight excluding hydrogens is 663 g/mol. The first-order valence-electron chi connectivity index (χ1n) is 18.8. The van der Waals surface area contributed by atoms with Crippen molar-refractivity contribution in [3.05, 3.63) is 114 Å². The molecule has 2 aromatic heterocycles. The van der Waals surface area contributed by atoms with E-state index in [-0.39, 0.29) is 11.7 Å². The van der Waals surface area contributed by atoms with Gasteiger partial charge < -0.3 is 19.5 Å². The van der Waals surface area contributed by atoms with Gasteiger partial charge in [-0.05, 0) is 80.5 Å². The zero-order valence-corrected chi connectivity index (χ0v) is 31.8. The van der Waals surface area contributed by atoms with Gasteiger partial charge in [0.1, 0.15) is 24.5 Å². The summed E-state index contributed by atoms with van der Waals surface area (Å²) in [4.78, 5) is 18.0. The van der Waals surface area contributed by atoms with Gasteiger partial charge in [-0.3, -0.25) is 9.58 Å². The fraction of sp³-hybridized carbons (Fsp3) is 0.386. The molecule has 2 aliphatic rings. The van der Waals surface area contributed by atoms with E-state index in [4.69, 9.17) is 24.3 Å². The van der Waals surface area contributed by atoms with E-state index in [2.05, 4.69) is 46.6 Å². The lowest BCUT2D eigenvalue weighted by atomic mass is 9.91. The predicted octanol–water partition coefficient (Wildman–Crippen LogP) is 9.36. The maximum Gasteiger partial charge on any atom is 0.407 e. The third-order valence-electron chi connectivity index (χ3n) is 9.69. The zero-order chi connectivity index (χ0) is 37.2. The van der Waals surface area contributed by atoms with Gasteiger partial charge >= 0.3 is 6.09 Å². The van der Waals surface area contributed by atoms with Gasteiger partial charge in [0.05, 0.1) is 11.1 Å². The van der Waals surface area contributed by atoms with E-state index in [9.17, 15) is 4.79 Å². The van der Waals surface area contributed by atoms with Crippen molar-refractivity contribution in [3.8, 4) is 23.0 Å². The maximum atomic E-state index is 10.5. The number of carbonyl (C=O) groups is 1. The van der Waals surface area contributed by atoms with E-state index in [1.165, 1.54) is 50.3 Å². The molecule has 7 rings (SSSR count). The van der Waals surface area contributed by atoms with Crippen LogP contribution >= 0.6 is 0 Å². The average Bonchev–Trinajstić information content (AvgIpc) is 3.52. The van der Waals surface area contributed by atoms with Gasteiger partial charge in [-0.15, -0.1) is 0 Å². The Morgan fingerprint density at radius 1 is 0.868 bits per heavy atom. The van der Waals surface area contributed by atoms with Crippen molar-refractivity contribution >= 4 is 22.6 Å². The van der Waals surface area contributed by atoms with Gasteiger partial charge in [0.2, 0.25) is 11.8 Å². The number of alkyl carbamates (subject to hydrolysis) is 1. The number of nitrogens with one attached hydrogen (secondary N) is 1. The van der Waals surface area contributed by atoms with Crippen LogP contribution in [0.5, 0.6) is 11.8 Å². The van der Waals surface area contributed by atoms with Crippen LogP contribution in [0.4, 0.5) is 4.79 Å². The number of rotatable bonds is 9. The highest BCUT2D eigenvalue weighted by Gasteiger charge is 2.24. The first-order valence-corrected chi connectivity index (χ1v) is 18.8. The molecule has 1 fully saturated rings. The minimum Gasteiger partial charge on any atom is -0.473 e. The number of hydrogen-bond acceptors (Lipinski definition) is 7. The molecule has 278 valence electrons. The average molecular weight is 716 g/mol. The molecule has 3 heterocycles. The van der Waals surface area contributed by atoms with Crippen molar-refractivity contribution in [1.82, 2.24) is 25.0 Å². The van der Waals surface area contributed by atoms with E-state index in [0.717, 1.165) is 58.8 Å². The Labute approximate surface area is 314 Å². The van der Waals surface area contributed by atoms with E-state index >= 15 is 0 Å². The standard InChI is InChI=1S/C38H40N4O2.C6H13NO2/c1-41-35-25-31(30-21-23-42(24-22-30)32-15-9-4-10-16-32)17-18-33(35)37(40-41)34-19-20-36(43-26-28-11-5-2-6-12-28)39-38(34)44-27-29-13-7-3-8-14-29;1-6(2,3)9-5(8)7-4/h2-3,5-8,11-14,17-21,25,32H,4,9-10,15-16,22-24,26-27H2,1H3;1-4H3,(H,7,8). The molecule has 9 nitrogen and oxygen atoms in total. The number of aromatic nitrogens is 3. The molecular formula is C44H53N5O4. The Morgan fingerprint density at radius 3 is 2.15 bits per heavy atom. The van der Waals surface area contributed by atoms with Crippen LogP contribution in [0, 0.1) is 0 Å². The lowest BCUT2D eigenvalue weighted by Crippen LogP contribution is -2.39. The summed E-state index contributed by atoms with van der Waals surface area (Å²) >= 11 is 0. The van der Waals surface area contributed by atoms with Gasteiger partial charge in [-0.25, -0.2) is 4.79 Å². The fourth-order valence-corrected chi connectivity index (χ4v) is 6.96. The van der Waals surface area contributed by atoms with Gasteiger partial charge in [0.15, 0.2) is 0 Å². The Balaban J connectivity index is 0.000000475. The minimum absolute atomic E-state index is 0.387. The lowest BCUT2D eigenvalue weighted by molar-refractivity contribution is 0.0541. The Hall–Kier alpha value is -5.15. The van der Waals surface area contributed by atoms with Crippen LogP contribution in [-0.2, 0) is 25.0 Å². The lowest BCUT2D eigenvalue weighted by Gasteiger charge is -2.36. The molecule has 0 spiro atoms. The molecule has 0 atom stereocenters. The first-order chi connectivity index (χ1) is 25.7. The van der Waals surface area contributed by atoms with Crippen LogP contribution < -0.4 is 14.8 Å². The molecule has 53 heavy (non-hydrogen) atoms. The monoisotopic (exact) mass is 715 g/mol. The van der Waals surface area contributed by atoms with Crippen LogP contribution in [0.15, 0.2) is 97.1 Å². The van der Waals surface area contributed by atoms with Crippen molar-refractivity contribution in [1.29, 1.82) is 0 Å². The highest BCUT2D eigenvalue weighted by molar-refractivity contribution is 5.96. The molecule has 0 saturated heterocycles. The fourth-order valence-electron chi connectivity index (χ4n) is 6.96. The second-order valence-corrected chi connectivity index (χ2v) is 14.8. The quantitative estimate of drug-likeness (QED) is 0.163. The highest BCUT2D eigenvalue weighted by atomic mass is 16.6. The first kappa shape index (κ1) is 37.6. The number of ether oxygens (including phenoxy) is 3. The molecule has 1 amide bonds. The number of carbonyl (C=O) groups excluding carboxylic acids is 1. The minimum atomic E-state index is -0.389. The van der Waals surface area contributed by atoms with Gasteiger partial charge in [0.25, 0.3) is 0 Å². The molecule has 0 bridgehead atoms. The highest BCUT2D eigenvalue weighted by Crippen LogP contribution is 2.37. The van der Waals surface area contributed by atoms with Crippen molar-refractivity contribution in [3.63, 3.8) is 0 Å². The third kappa shape index (κ3) is 10.3. The molecule has 5 aromatic rings. The van der Waals surface area contributed by atoms with Crippen LogP contribution in [0.3, 0.4) is 0 Å². The Bertz CT molecular complexity index is 1980. The van der Waals surface area contributed by atoms with E-state index in [1.807, 2.05) is 93.2 Å². The Morgan fingerprint density at radius 2 is 1.55 bits per heavy atom. The third-order valence-corrected chi connectivity index (χ3v) is 9.69. The summed E-state index contributed by atoms with van der Waals surface area (Å²) in [6.45, 7) is 8.52. The second kappa shape index (κ2) is 17.6. The predicted molar refractivity (Wildman–Crippen MR) is 212 cm³/mol. The second-order valence-electron chi connectivity index (χ2n) is 14.8. The number of nitrogens with zero attached hydrogens (tertiary/aromatic N) is 4. The summed E-state index contributed by atoms with van der Waals surface area (Å²) in [6, 6.07) is 31.7. The molecule has 9 heteroatoms. The smallest absolute Gasteiger partial charge is 0.407 e. The molecule has 0 unspecified atom stereocenters. The molecule has 1 aliphatic carbocycles. The molecule has 1 aliphatic heterocycles. The number of fused-ring (bicyclic) bond motifs is 1. The van der Waals surface area contributed by atoms with Gasteiger partial charge in [-0.2, -0.15) is 10.1 Å². The SMILES string of the molecule is CNC(=O)OC(C)(C)C.Cn1nc(-c2ccc(OCc3ccccc3)nc2OCc2ccccc2)c2ccc(C3=CCN(C4CCCCC4)CC3)cc21. The van der Waals surface area contributed by atoms with Crippen molar-refractivity contribution in [2.45, 2.75) is 84.2 Å². The Kier molecular flexibility index (Phi) is 12.5. The normalized spacial score (nSPS) is 15.2. The topological polar surface area (TPSA) is 90.7 Å². The summed E-state index contributed by atoms with van der Waals surface area (Å²) < 4.78 is 19.2. The number of amides is 1. The van der Waals surface area contributed by atoms with Crippen LogP contribution in [-0.4, -0.2) is 57.5 Å². The van der Waals surface area contributed by atoms with E-state index in [0.29, 0.717) is 25.0 Å². The number of aryl methyl sites for hydroxylation is 1. The van der Waals surface area contributed by atoms with Crippen molar-refractivity contribution in [2.75, 3.05) is 20.1 Å². The van der Waals surface area contributed by atoms with Crippen LogP contribution in [0.2, 0.25) is 0 Å². The van der Waals surface area contributed by atoms with Crippen molar-refractivity contribution < 1.29 is 19.0 Å². The van der Waals surface area contributed by atoms with E-state index < -0.39 is 0 Å². The van der Waals surface area contributed by atoms with Crippen LogP contribution in [0.1, 0.15) is 76.0 Å². The summed E-state index contributed by atoms with van der Waals surface area (Å²) in [7, 11) is 3.55. The van der Waals surface area contributed by atoms with Crippen LogP contribution in [0.25, 0.3) is 27.7 Å². The molecule has 0 radical (unpaired) electrons. The summed E-state index contributed by atoms with van der Waals surface area (Å²) in [5.74, 6) is 1.04.